The Labute approximate surface area is 176 Å². The van der Waals surface area contributed by atoms with Gasteiger partial charge in [-0.3, -0.25) is 10.2 Å². The lowest BCUT2D eigenvalue weighted by Gasteiger charge is -2.41. The van der Waals surface area contributed by atoms with Crippen LogP contribution >= 0.6 is 0 Å². The summed E-state index contributed by atoms with van der Waals surface area (Å²) in [6, 6.07) is 20.7. The molecule has 1 aliphatic carbocycles. The Morgan fingerprint density at radius 2 is 1.33 bits per heavy atom. The molecule has 0 radical (unpaired) electrons. The number of aliphatic hydroxyl groups is 1. The topological polar surface area (TPSA) is 35.5 Å². The Balaban J connectivity index is 1.65. The van der Waals surface area contributed by atoms with E-state index in [2.05, 4.69) is 34.5 Å². The number of aliphatic hydroxyl groups excluding tert-OH is 1. The molecule has 1 saturated carbocycles. The molecular formula is C24H31F3N2O. The van der Waals surface area contributed by atoms with Gasteiger partial charge in [-0.1, -0.05) is 60.7 Å². The van der Waals surface area contributed by atoms with Crippen LogP contribution in [0.4, 0.5) is 13.2 Å². The van der Waals surface area contributed by atoms with E-state index in [9.17, 15) is 18.3 Å². The first-order chi connectivity index (χ1) is 14.3. The zero-order valence-corrected chi connectivity index (χ0v) is 17.4. The van der Waals surface area contributed by atoms with Crippen LogP contribution < -0.4 is 5.32 Å². The van der Waals surface area contributed by atoms with Crippen molar-refractivity contribution in [1.82, 2.24) is 10.2 Å². The second-order valence-corrected chi connectivity index (χ2v) is 8.51. The molecule has 2 N–H and O–H groups in total. The molecule has 2 aromatic rings. The number of nitrogens with zero attached hydrogens (tertiary/aromatic N) is 1. The molecule has 0 aromatic heterocycles. The maximum absolute atomic E-state index is 13.3. The van der Waals surface area contributed by atoms with Crippen molar-refractivity contribution < 1.29 is 18.3 Å². The maximum Gasteiger partial charge on any atom is 0.408 e. The first-order valence-corrected chi connectivity index (χ1v) is 10.6. The van der Waals surface area contributed by atoms with Gasteiger partial charge in [-0.05, 0) is 43.7 Å². The van der Waals surface area contributed by atoms with Crippen molar-refractivity contribution in [2.24, 2.45) is 0 Å². The lowest BCUT2D eigenvalue weighted by Crippen LogP contribution is -2.61. The van der Waals surface area contributed by atoms with Crippen molar-refractivity contribution >= 4 is 0 Å². The molecule has 1 aliphatic rings. The fourth-order valence-corrected chi connectivity index (χ4v) is 4.20. The highest BCUT2D eigenvalue weighted by atomic mass is 19.4. The van der Waals surface area contributed by atoms with E-state index < -0.39 is 18.3 Å². The highest BCUT2D eigenvalue weighted by Crippen LogP contribution is 2.33. The molecule has 6 heteroatoms. The molecule has 0 heterocycles. The molecule has 0 spiro atoms. The van der Waals surface area contributed by atoms with Crippen LogP contribution in [-0.2, 0) is 13.1 Å². The predicted molar refractivity (Wildman–Crippen MR) is 113 cm³/mol. The van der Waals surface area contributed by atoms with E-state index in [0.29, 0.717) is 18.9 Å². The van der Waals surface area contributed by atoms with E-state index in [-0.39, 0.29) is 6.04 Å². The van der Waals surface area contributed by atoms with Crippen molar-refractivity contribution in [2.75, 3.05) is 6.61 Å². The van der Waals surface area contributed by atoms with Gasteiger partial charge >= 0.3 is 6.18 Å². The maximum atomic E-state index is 13.3. The largest absolute Gasteiger partial charge is 0.408 e. The summed E-state index contributed by atoms with van der Waals surface area (Å²) in [5.74, 6) is 0. The number of nitrogens with one attached hydrogen (secondary N) is 1. The summed E-state index contributed by atoms with van der Waals surface area (Å²) in [6.07, 6.45) is -1.49. The molecule has 0 bridgehead atoms. The van der Waals surface area contributed by atoms with Crippen LogP contribution in [0.15, 0.2) is 60.7 Å². The van der Waals surface area contributed by atoms with Gasteiger partial charge in [0.15, 0.2) is 0 Å². The van der Waals surface area contributed by atoms with Gasteiger partial charge in [0.25, 0.3) is 0 Å². The zero-order chi connectivity index (χ0) is 21.6. The third kappa shape index (κ3) is 5.84. The minimum atomic E-state index is -4.48. The summed E-state index contributed by atoms with van der Waals surface area (Å²) in [7, 11) is 0. The van der Waals surface area contributed by atoms with Crippen LogP contribution in [0.5, 0.6) is 0 Å². The number of rotatable bonds is 8. The molecule has 1 fully saturated rings. The highest BCUT2D eigenvalue weighted by Gasteiger charge is 2.51. The Morgan fingerprint density at radius 1 is 0.867 bits per heavy atom. The minimum Gasteiger partial charge on any atom is -0.394 e. The molecule has 1 atom stereocenters. The fourth-order valence-electron chi connectivity index (χ4n) is 4.20. The van der Waals surface area contributed by atoms with Crippen LogP contribution in [0.25, 0.3) is 0 Å². The summed E-state index contributed by atoms with van der Waals surface area (Å²) in [5.41, 5.74) is 0.218. The molecular weight excluding hydrogens is 389 g/mol. The van der Waals surface area contributed by atoms with Gasteiger partial charge in [0.2, 0.25) is 0 Å². The predicted octanol–water partition coefficient (Wildman–Crippen LogP) is 4.90. The third-order valence-corrected chi connectivity index (χ3v) is 6.13. The van der Waals surface area contributed by atoms with Gasteiger partial charge < -0.3 is 5.11 Å². The molecule has 0 saturated heterocycles. The molecule has 0 unspecified atom stereocenters. The van der Waals surface area contributed by atoms with Crippen LogP contribution in [-0.4, -0.2) is 40.4 Å². The van der Waals surface area contributed by atoms with E-state index in [4.69, 9.17) is 0 Å². The first-order valence-electron chi connectivity index (χ1n) is 10.6. The Bertz CT molecular complexity index is 720. The average molecular weight is 421 g/mol. The third-order valence-electron chi connectivity index (χ3n) is 6.13. The number of alkyl halides is 3. The lowest BCUT2D eigenvalue weighted by molar-refractivity contribution is -0.204. The highest BCUT2D eigenvalue weighted by molar-refractivity contribution is 5.17. The summed E-state index contributed by atoms with van der Waals surface area (Å²) in [5, 5.41) is 12.0. The smallest absolute Gasteiger partial charge is 0.394 e. The van der Waals surface area contributed by atoms with Gasteiger partial charge in [-0.25, -0.2) is 0 Å². The average Bonchev–Trinajstić information content (AvgIpc) is 2.74. The summed E-state index contributed by atoms with van der Waals surface area (Å²) >= 11 is 0. The van der Waals surface area contributed by atoms with Crippen LogP contribution in [0, 0.1) is 0 Å². The number of hydrogen-bond acceptors (Lipinski definition) is 3. The molecule has 164 valence electrons. The molecule has 0 amide bonds. The normalized spacial score (nSPS) is 22.1. The standard InChI is InChI=1S/C24H31F3N2O/c1-23(18-30,24(25,26)27)28-21-12-14-22(15-13-21)29(16-19-8-4-2-5-9-19)17-20-10-6-3-7-11-20/h2-11,21-22,28,30H,12-18H2,1H3/t21-,22-,23-/m1/s1. The van der Waals surface area contributed by atoms with Crippen molar-refractivity contribution in [1.29, 1.82) is 0 Å². The summed E-state index contributed by atoms with van der Waals surface area (Å²) in [6.45, 7) is 1.71. The lowest BCUT2D eigenvalue weighted by atomic mass is 9.87. The first kappa shape index (κ1) is 22.8. The van der Waals surface area contributed by atoms with Crippen LogP contribution in [0.2, 0.25) is 0 Å². The van der Waals surface area contributed by atoms with Crippen LogP contribution in [0.3, 0.4) is 0 Å². The second kappa shape index (κ2) is 9.94. The van der Waals surface area contributed by atoms with Crippen molar-refractivity contribution in [2.45, 2.75) is 69.5 Å². The van der Waals surface area contributed by atoms with Crippen molar-refractivity contribution in [3.8, 4) is 0 Å². The molecule has 3 nitrogen and oxygen atoms in total. The van der Waals surface area contributed by atoms with Crippen molar-refractivity contribution in [3.05, 3.63) is 71.8 Å². The number of benzene rings is 2. The summed E-state index contributed by atoms with van der Waals surface area (Å²) in [4.78, 5) is 2.44. The molecule has 30 heavy (non-hydrogen) atoms. The van der Waals surface area contributed by atoms with Gasteiger partial charge in [0.1, 0.15) is 5.54 Å². The SMILES string of the molecule is C[C@](CO)(N[C@H]1CC[C@H](N(Cc2ccccc2)Cc2ccccc2)CC1)C(F)(F)F. The zero-order valence-electron chi connectivity index (χ0n) is 17.4. The monoisotopic (exact) mass is 420 g/mol. The molecule has 3 rings (SSSR count). The molecule has 0 aliphatic heterocycles. The van der Waals surface area contributed by atoms with Gasteiger partial charge in [-0.15, -0.1) is 0 Å². The van der Waals surface area contributed by atoms with Crippen LogP contribution in [0.1, 0.15) is 43.7 Å². The van der Waals surface area contributed by atoms with E-state index in [1.807, 2.05) is 36.4 Å². The summed E-state index contributed by atoms with van der Waals surface area (Å²) < 4.78 is 40.0. The minimum absolute atomic E-state index is 0.240. The quantitative estimate of drug-likeness (QED) is 0.637. The van der Waals surface area contributed by atoms with E-state index in [0.717, 1.165) is 32.9 Å². The van der Waals surface area contributed by atoms with Crippen molar-refractivity contribution in [3.63, 3.8) is 0 Å². The molecule has 2 aromatic carbocycles. The Hall–Kier alpha value is -1.89. The van der Waals surface area contributed by atoms with E-state index >= 15 is 0 Å². The Kier molecular flexibility index (Phi) is 7.55. The Morgan fingerprint density at radius 3 is 1.73 bits per heavy atom. The van der Waals surface area contributed by atoms with E-state index in [1.165, 1.54) is 11.1 Å². The van der Waals surface area contributed by atoms with Gasteiger partial charge in [0.05, 0.1) is 6.61 Å². The number of halogens is 3. The van der Waals surface area contributed by atoms with E-state index in [1.54, 1.807) is 0 Å². The second-order valence-electron chi connectivity index (χ2n) is 8.51. The number of hydrogen-bond donors (Lipinski definition) is 2. The fraction of sp³-hybridized carbons (Fsp3) is 0.500. The van der Waals surface area contributed by atoms with Gasteiger partial charge in [0, 0.05) is 25.2 Å². The van der Waals surface area contributed by atoms with Gasteiger partial charge in [-0.2, -0.15) is 13.2 Å².